The van der Waals surface area contributed by atoms with E-state index in [1.54, 1.807) is 19.9 Å². The number of carbonyl (C=O) groups is 2. The highest BCUT2D eigenvalue weighted by Gasteiger charge is 2.24. The molecule has 0 atom stereocenters. The molecule has 1 aromatic carbocycles. The van der Waals surface area contributed by atoms with Crippen molar-refractivity contribution in [3.63, 3.8) is 0 Å². The molecule has 0 saturated heterocycles. The molecule has 3 N–H and O–H groups in total. The minimum atomic E-state index is -1.02. The van der Waals surface area contributed by atoms with Crippen LogP contribution in [0.5, 0.6) is 0 Å². The molecule has 0 spiro atoms. The van der Waals surface area contributed by atoms with Crippen molar-refractivity contribution in [2.75, 3.05) is 5.32 Å². The number of amides is 2. The van der Waals surface area contributed by atoms with E-state index in [4.69, 9.17) is 5.11 Å². The van der Waals surface area contributed by atoms with E-state index in [0.717, 1.165) is 0 Å². The molecule has 1 rings (SSSR count). The third-order valence-electron chi connectivity index (χ3n) is 2.17. The van der Waals surface area contributed by atoms with E-state index in [0.29, 0.717) is 0 Å². The number of carbonyl (C=O) groups excluding carboxylic acids is 1. The summed E-state index contributed by atoms with van der Waals surface area (Å²) in [5.41, 5.74) is -0.873. The molecule has 0 radical (unpaired) electrons. The zero-order valence-electron chi connectivity index (χ0n) is 10.2. The molecule has 0 aliphatic carbocycles. The summed E-state index contributed by atoms with van der Waals surface area (Å²) in [5, 5.41) is 13.5. The Morgan fingerprint density at radius 3 is 2.50 bits per heavy atom. The number of carboxylic acids is 1. The quantitative estimate of drug-likeness (QED) is 0.770. The maximum atomic E-state index is 13.3. The first-order valence-corrected chi connectivity index (χ1v) is 5.36. The van der Waals surface area contributed by atoms with Crippen molar-refractivity contribution >= 4 is 17.7 Å². The van der Waals surface area contributed by atoms with Crippen molar-refractivity contribution in [2.45, 2.75) is 25.8 Å². The van der Waals surface area contributed by atoms with Gasteiger partial charge >= 0.3 is 12.0 Å². The van der Waals surface area contributed by atoms with Gasteiger partial charge in [0.25, 0.3) is 0 Å². The van der Waals surface area contributed by atoms with Crippen LogP contribution in [-0.2, 0) is 4.79 Å². The first-order chi connectivity index (χ1) is 8.30. The molecule has 0 bridgehead atoms. The molecular weight excluding hydrogens is 239 g/mol. The Bertz CT molecular complexity index is 460. The van der Waals surface area contributed by atoms with Gasteiger partial charge in [0.15, 0.2) is 0 Å². The summed E-state index contributed by atoms with van der Waals surface area (Å²) in [4.78, 5) is 22.2. The van der Waals surface area contributed by atoms with E-state index in [9.17, 15) is 14.0 Å². The largest absolute Gasteiger partial charge is 0.481 e. The highest BCUT2D eigenvalue weighted by molar-refractivity contribution is 5.90. The van der Waals surface area contributed by atoms with Crippen molar-refractivity contribution < 1.29 is 19.1 Å². The summed E-state index contributed by atoms with van der Waals surface area (Å²) in [6.07, 6.45) is -0.225. The van der Waals surface area contributed by atoms with E-state index in [1.807, 2.05) is 0 Å². The molecule has 0 aliphatic heterocycles. The lowest BCUT2D eigenvalue weighted by atomic mass is 10.0. The van der Waals surface area contributed by atoms with Gasteiger partial charge < -0.3 is 15.7 Å². The minimum Gasteiger partial charge on any atom is -0.481 e. The van der Waals surface area contributed by atoms with Crippen LogP contribution in [0.4, 0.5) is 14.9 Å². The third kappa shape index (κ3) is 4.40. The maximum Gasteiger partial charge on any atom is 0.319 e. The molecule has 0 aliphatic rings. The number of nitrogens with one attached hydrogen (secondary N) is 2. The van der Waals surface area contributed by atoms with Crippen LogP contribution in [0.2, 0.25) is 0 Å². The molecule has 1 aromatic rings. The number of carboxylic acid groups (broad SMARTS) is 1. The second kappa shape index (κ2) is 5.48. The van der Waals surface area contributed by atoms with Crippen LogP contribution >= 0.6 is 0 Å². The lowest BCUT2D eigenvalue weighted by Gasteiger charge is -2.24. The minimum absolute atomic E-state index is 0.0427. The first kappa shape index (κ1) is 14.0. The normalized spacial score (nSPS) is 10.8. The second-order valence-electron chi connectivity index (χ2n) is 4.51. The Kier molecular flexibility index (Phi) is 4.25. The highest BCUT2D eigenvalue weighted by atomic mass is 19.1. The molecule has 0 saturated carbocycles. The van der Waals surface area contributed by atoms with Crippen LogP contribution < -0.4 is 10.6 Å². The van der Waals surface area contributed by atoms with Crippen molar-refractivity contribution in [3.05, 3.63) is 30.1 Å². The molecule has 5 nitrogen and oxygen atoms in total. The van der Waals surface area contributed by atoms with Gasteiger partial charge in [-0.25, -0.2) is 9.18 Å². The van der Waals surface area contributed by atoms with Crippen LogP contribution in [0.1, 0.15) is 20.3 Å². The smallest absolute Gasteiger partial charge is 0.319 e. The molecule has 6 heteroatoms. The van der Waals surface area contributed by atoms with E-state index < -0.39 is 23.4 Å². The van der Waals surface area contributed by atoms with Crippen LogP contribution in [0.15, 0.2) is 24.3 Å². The van der Waals surface area contributed by atoms with E-state index in [1.165, 1.54) is 18.2 Å². The number of benzene rings is 1. The van der Waals surface area contributed by atoms with Gasteiger partial charge in [-0.05, 0) is 26.0 Å². The summed E-state index contributed by atoms with van der Waals surface area (Å²) in [5.74, 6) is -1.57. The summed E-state index contributed by atoms with van der Waals surface area (Å²) < 4.78 is 13.3. The number of rotatable bonds is 4. The van der Waals surface area contributed by atoms with E-state index >= 15 is 0 Å². The summed E-state index contributed by atoms with van der Waals surface area (Å²) in [7, 11) is 0. The van der Waals surface area contributed by atoms with E-state index in [2.05, 4.69) is 10.6 Å². The average molecular weight is 254 g/mol. The molecule has 98 valence electrons. The van der Waals surface area contributed by atoms with Gasteiger partial charge in [0.2, 0.25) is 0 Å². The number of halogens is 1. The fourth-order valence-electron chi connectivity index (χ4n) is 1.45. The summed E-state index contributed by atoms with van der Waals surface area (Å²) in [6, 6.07) is 5.08. The van der Waals surface area contributed by atoms with E-state index in [-0.39, 0.29) is 12.1 Å². The third-order valence-corrected chi connectivity index (χ3v) is 2.17. The number of urea groups is 1. The second-order valence-corrected chi connectivity index (χ2v) is 4.51. The highest BCUT2D eigenvalue weighted by Crippen LogP contribution is 2.13. The SMILES string of the molecule is CC(C)(CC(=O)O)NC(=O)Nc1ccccc1F. The van der Waals surface area contributed by atoms with Gasteiger partial charge in [0.05, 0.1) is 12.1 Å². The molecule has 18 heavy (non-hydrogen) atoms. The van der Waals surface area contributed by atoms with Gasteiger partial charge in [-0.15, -0.1) is 0 Å². The summed E-state index contributed by atoms with van der Waals surface area (Å²) >= 11 is 0. The lowest BCUT2D eigenvalue weighted by molar-refractivity contribution is -0.138. The number of hydrogen-bond acceptors (Lipinski definition) is 2. The number of aliphatic carboxylic acids is 1. The molecule has 0 heterocycles. The Morgan fingerprint density at radius 2 is 1.94 bits per heavy atom. The Balaban J connectivity index is 2.62. The summed E-state index contributed by atoms with van der Waals surface area (Å²) in [6.45, 7) is 3.14. The predicted molar refractivity (Wildman–Crippen MR) is 64.9 cm³/mol. The fourth-order valence-corrected chi connectivity index (χ4v) is 1.45. The van der Waals surface area contributed by atoms with Crippen molar-refractivity contribution in [1.29, 1.82) is 0 Å². The van der Waals surface area contributed by atoms with Gasteiger partial charge in [-0.2, -0.15) is 0 Å². The molecule has 0 fully saturated rings. The Morgan fingerprint density at radius 1 is 1.33 bits per heavy atom. The van der Waals surface area contributed by atoms with Gasteiger partial charge in [0, 0.05) is 5.54 Å². The van der Waals surface area contributed by atoms with Crippen LogP contribution in [0.3, 0.4) is 0 Å². The standard InChI is InChI=1S/C12H15FN2O3/c1-12(2,7-10(16)17)15-11(18)14-9-6-4-3-5-8(9)13/h3-6H,7H2,1-2H3,(H,16,17)(H2,14,15,18). The number of para-hydroxylation sites is 1. The number of anilines is 1. The Labute approximate surface area is 104 Å². The monoisotopic (exact) mass is 254 g/mol. The van der Waals surface area contributed by atoms with Crippen molar-refractivity contribution in [3.8, 4) is 0 Å². The molecular formula is C12H15FN2O3. The fraction of sp³-hybridized carbons (Fsp3) is 0.333. The first-order valence-electron chi connectivity index (χ1n) is 5.36. The topological polar surface area (TPSA) is 78.4 Å². The molecule has 0 unspecified atom stereocenters. The lowest BCUT2D eigenvalue weighted by Crippen LogP contribution is -2.46. The van der Waals surface area contributed by atoms with Gasteiger partial charge in [-0.3, -0.25) is 4.79 Å². The maximum absolute atomic E-state index is 13.3. The van der Waals surface area contributed by atoms with Crippen LogP contribution in [0, 0.1) is 5.82 Å². The van der Waals surface area contributed by atoms with Crippen LogP contribution in [0.25, 0.3) is 0 Å². The van der Waals surface area contributed by atoms with Crippen LogP contribution in [-0.4, -0.2) is 22.6 Å². The zero-order valence-corrected chi connectivity index (χ0v) is 10.2. The Hall–Kier alpha value is -2.11. The van der Waals surface area contributed by atoms with Crippen molar-refractivity contribution in [2.24, 2.45) is 0 Å². The van der Waals surface area contributed by atoms with Gasteiger partial charge in [-0.1, -0.05) is 12.1 Å². The number of hydrogen-bond donors (Lipinski definition) is 3. The molecule has 0 aromatic heterocycles. The van der Waals surface area contributed by atoms with Crippen molar-refractivity contribution in [1.82, 2.24) is 5.32 Å². The average Bonchev–Trinajstić information content (AvgIpc) is 2.18. The predicted octanol–water partition coefficient (Wildman–Crippen LogP) is 2.20. The van der Waals surface area contributed by atoms with Gasteiger partial charge in [0.1, 0.15) is 5.82 Å². The zero-order chi connectivity index (χ0) is 13.8. The molecule has 2 amide bonds.